The van der Waals surface area contributed by atoms with E-state index >= 15 is 0 Å². The zero-order valence-corrected chi connectivity index (χ0v) is 16.0. The van der Waals surface area contributed by atoms with Crippen molar-refractivity contribution in [2.45, 2.75) is 24.0 Å². The topological polar surface area (TPSA) is 105 Å². The van der Waals surface area contributed by atoms with Gasteiger partial charge in [-0.15, -0.1) is 6.58 Å². The SMILES string of the molecule is C=CCNC(=O)C(=O)NC[C@H](c1ccco1)S(=O)(=O)c1cc(C)ccc1C. The maximum Gasteiger partial charge on any atom is 0.309 e. The maximum absolute atomic E-state index is 13.2. The van der Waals surface area contributed by atoms with Gasteiger partial charge in [0.05, 0.1) is 11.2 Å². The molecule has 7 nitrogen and oxygen atoms in total. The fraction of sp³-hybridized carbons (Fsp3) is 0.263. The molecule has 2 rings (SSSR count). The van der Waals surface area contributed by atoms with Gasteiger partial charge >= 0.3 is 11.8 Å². The molecule has 0 bridgehead atoms. The molecule has 0 aliphatic heterocycles. The molecule has 0 radical (unpaired) electrons. The van der Waals surface area contributed by atoms with E-state index in [0.29, 0.717) is 5.56 Å². The van der Waals surface area contributed by atoms with Crippen molar-refractivity contribution in [1.29, 1.82) is 0 Å². The second-order valence-electron chi connectivity index (χ2n) is 6.03. The predicted octanol–water partition coefficient (Wildman–Crippen LogP) is 1.83. The van der Waals surface area contributed by atoms with Crippen molar-refractivity contribution >= 4 is 21.7 Å². The average molecular weight is 390 g/mol. The fourth-order valence-electron chi connectivity index (χ4n) is 2.52. The summed E-state index contributed by atoms with van der Waals surface area (Å²) in [5.41, 5.74) is 1.39. The molecule has 2 N–H and O–H groups in total. The molecular formula is C19H22N2O5S. The number of carbonyl (C=O) groups is 2. The summed E-state index contributed by atoms with van der Waals surface area (Å²) in [5.74, 6) is -1.61. The van der Waals surface area contributed by atoms with E-state index in [9.17, 15) is 18.0 Å². The molecule has 2 amide bonds. The van der Waals surface area contributed by atoms with Crippen molar-refractivity contribution in [3.8, 4) is 0 Å². The van der Waals surface area contributed by atoms with Crippen molar-refractivity contribution in [2.75, 3.05) is 13.1 Å². The molecular weight excluding hydrogens is 368 g/mol. The van der Waals surface area contributed by atoms with Crippen molar-refractivity contribution in [3.05, 3.63) is 66.1 Å². The standard InChI is InChI=1S/C19H22N2O5S/c1-4-9-20-18(22)19(23)21-12-17(15-6-5-10-26-15)27(24,25)16-11-13(2)7-8-14(16)3/h4-8,10-11,17H,1,9,12H2,2-3H3,(H,20,22)(H,21,23)/t17-/m1/s1. The third-order valence-electron chi connectivity index (χ3n) is 3.95. The van der Waals surface area contributed by atoms with Gasteiger partial charge < -0.3 is 15.1 Å². The van der Waals surface area contributed by atoms with Crippen LogP contribution in [0.15, 0.2) is 58.6 Å². The van der Waals surface area contributed by atoms with Crippen LogP contribution < -0.4 is 10.6 Å². The molecule has 0 spiro atoms. The van der Waals surface area contributed by atoms with Gasteiger partial charge in [0.15, 0.2) is 9.84 Å². The molecule has 2 aromatic rings. The highest BCUT2D eigenvalue weighted by Gasteiger charge is 2.33. The number of nitrogens with one attached hydrogen (secondary N) is 2. The molecule has 0 saturated heterocycles. The van der Waals surface area contributed by atoms with Crippen LogP contribution in [0.2, 0.25) is 0 Å². The molecule has 27 heavy (non-hydrogen) atoms. The van der Waals surface area contributed by atoms with Gasteiger partial charge in [0.2, 0.25) is 0 Å². The minimum atomic E-state index is -3.87. The van der Waals surface area contributed by atoms with Crippen LogP contribution >= 0.6 is 0 Å². The van der Waals surface area contributed by atoms with E-state index in [1.165, 1.54) is 18.4 Å². The van der Waals surface area contributed by atoms with Crippen LogP contribution in [0.3, 0.4) is 0 Å². The number of sulfone groups is 1. The lowest BCUT2D eigenvalue weighted by atomic mass is 10.2. The van der Waals surface area contributed by atoms with E-state index in [1.807, 2.05) is 6.07 Å². The van der Waals surface area contributed by atoms with Crippen molar-refractivity contribution < 1.29 is 22.4 Å². The number of benzene rings is 1. The quantitative estimate of drug-likeness (QED) is 0.554. The van der Waals surface area contributed by atoms with E-state index in [4.69, 9.17) is 4.42 Å². The largest absolute Gasteiger partial charge is 0.468 e. The molecule has 1 atom stereocenters. The minimum absolute atomic E-state index is 0.134. The zero-order chi connectivity index (χ0) is 20.0. The summed E-state index contributed by atoms with van der Waals surface area (Å²) in [6.07, 6.45) is 2.79. The number of aryl methyl sites for hydroxylation is 2. The monoisotopic (exact) mass is 390 g/mol. The van der Waals surface area contributed by atoms with Gasteiger partial charge in [-0.1, -0.05) is 18.2 Å². The van der Waals surface area contributed by atoms with Gasteiger partial charge in [-0.2, -0.15) is 0 Å². The number of hydrogen-bond donors (Lipinski definition) is 2. The maximum atomic E-state index is 13.2. The van der Waals surface area contributed by atoms with E-state index in [-0.39, 0.29) is 23.7 Å². The Labute approximate surface area is 158 Å². The lowest BCUT2D eigenvalue weighted by Gasteiger charge is -2.18. The first-order valence-electron chi connectivity index (χ1n) is 8.29. The molecule has 0 aliphatic rings. The number of furan rings is 1. The highest BCUT2D eigenvalue weighted by Crippen LogP contribution is 2.31. The second kappa shape index (κ2) is 8.68. The van der Waals surface area contributed by atoms with Crippen molar-refractivity contribution in [1.82, 2.24) is 10.6 Å². The highest BCUT2D eigenvalue weighted by atomic mass is 32.2. The first-order valence-corrected chi connectivity index (χ1v) is 9.83. The molecule has 1 aromatic heterocycles. The Morgan fingerprint density at radius 3 is 2.52 bits per heavy atom. The van der Waals surface area contributed by atoms with Gasteiger partial charge in [-0.25, -0.2) is 8.42 Å². The highest BCUT2D eigenvalue weighted by molar-refractivity contribution is 7.91. The minimum Gasteiger partial charge on any atom is -0.468 e. The number of hydrogen-bond acceptors (Lipinski definition) is 5. The van der Waals surface area contributed by atoms with Crippen LogP contribution in [0.1, 0.15) is 22.1 Å². The molecule has 144 valence electrons. The van der Waals surface area contributed by atoms with Crippen LogP contribution in [-0.2, 0) is 19.4 Å². The summed E-state index contributed by atoms with van der Waals surface area (Å²) in [7, 11) is -3.87. The first kappa shape index (κ1) is 20.4. The molecule has 8 heteroatoms. The summed E-state index contributed by atoms with van der Waals surface area (Å²) in [6, 6.07) is 8.22. The Morgan fingerprint density at radius 1 is 1.19 bits per heavy atom. The molecule has 0 aliphatic carbocycles. The van der Waals surface area contributed by atoms with Crippen molar-refractivity contribution in [2.24, 2.45) is 0 Å². The second-order valence-corrected chi connectivity index (χ2v) is 8.13. The van der Waals surface area contributed by atoms with Gasteiger partial charge in [0, 0.05) is 13.1 Å². The van der Waals surface area contributed by atoms with E-state index in [1.54, 1.807) is 32.0 Å². The Hall–Kier alpha value is -2.87. The molecule has 1 aromatic carbocycles. The molecule has 0 fully saturated rings. The predicted molar refractivity (Wildman–Crippen MR) is 101 cm³/mol. The Bertz CT molecular complexity index is 933. The number of rotatable bonds is 7. The Balaban J connectivity index is 2.30. The van der Waals surface area contributed by atoms with Crippen LogP contribution in [0.5, 0.6) is 0 Å². The normalized spacial score (nSPS) is 12.2. The molecule has 0 unspecified atom stereocenters. The van der Waals surface area contributed by atoms with Gasteiger partial charge in [-0.05, 0) is 43.2 Å². The summed E-state index contributed by atoms with van der Waals surface area (Å²) in [6.45, 7) is 6.77. The van der Waals surface area contributed by atoms with Crippen LogP contribution in [-0.4, -0.2) is 33.3 Å². The summed E-state index contributed by atoms with van der Waals surface area (Å²) < 4.78 is 31.8. The summed E-state index contributed by atoms with van der Waals surface area (Å²) in [5, 5.41) is 3.54. The first-order chi connectivity index (χ1) is 12.8. The van der Waals surface area contributed by atoms with Gasteiger partial charge in [0.25, 0.3) is 0 Å². The summed E-state index contributed by atoms with van der Waals surface area (Å²) in [4.78, 5) is 23.8. The van der Waals surface area contributed by atoms with E-state index in [2.05, 4.69) is 17.2 Å². The fourth-order valence-corrected chi connectivity index (χ4v) is 4.43. The average Bonchev–Trinajstić information content (AvgIpc) is 3.15. The van der Waals surface area contributed by atoms with E-state index < -0.39 is 26.9 Å². The van der Waals surface area contributed by atoms with Crippen LogP contribution in [0.4, 0.5) is 0 Å². The lowest BCUT2D eigenvalue weighted by molar-refractivity contribution is -0.139. The smallest absolute Gasteiger partial charge is 0.309 e. The third-order valence-corrected chi connectivity index (χ3v) is 6.15. The van der Waals surface area contributed by atoms with Crippen molar-refractivity contribution in [3.63, 3.8) is 0 Å². The van der Waals surface area contributed by atoms with Gasteiger partial charge in [0.1, 0.15) is 11.0 Å². The van der Waals surface area contributed by atoms with E-state index in [0.717, 1.165) is 5.56 Å². The lowest BCUT2D eigenvalue weighted by Crippen LogP contribution is -2.42. The third kappa shape index (κ3) is 4.85. The molecule has 1 heterocycles. The summed E-state index contributed by atoms with van der Waals surface area (Å²) >= 11 is 0. The Morgan fingerprint density at radius 2 is 1.89 bits per heavy atom. The Kier molecular flexibility index (Phi) is 6.57. The van der Waals surface area contributed by atoms with Crippen LogP contribution in [0, 0.1) is 13.8 Å². The zero-order valence-electron chi connectivity index (χ0n) is 15.2. The van der Waals surface area contributed by atoms with Gasteiger partial charge in [-0.3, -0.25) is 9.59 Å². The number of amides is 2. The molecule has 0 saturated carbocycles. The number of carbonyl (C=O) groups excluding carboxylic acids is 2. The van der Waals surface area contributed by atoms with Crippen LogP contribution in [0.25, 0.3) is 0 Å².